The van der Waals surface area contributed by atoms with E-state index in [1.165, 1.54) is 11.2 Å². The lowest BCUT2D eigenvalue weighted by molar-refractivity contribution is -0.148. The molecule has 0 bridgehead atoms. The standard InChI is InChI=1S/C43H63N7O6/c1-42(2,3)56-41(55)49-34(22-30-17-11-7-12-18-30)40(54)50(36(38(44)52)25-33-26-46-28-48-33)35(23-31-19-13-8-14-20-31)37(51)24-32(21-29-15-9-6-10-16-29)39(53)47-27-43(4,5)45/h6-7,9-12,15-18,26,28,31-32,34-37,51H,8,13-14,19-25,27,45H2,1-5H3,(H2,44,52)(H,46,48)(H,47,53)(H,49,55)/t32-,34+,35+,36+,37+/m1/s1. The fourth-order valence-corrected chi connectivity index (χ4v) is 7.47. The number of benzene rings is 2. The second kappa shape index (κ2) is 20.4. The molecule has 0 spiro atoms. The summed E-state index contributed by atoms with van der Waals surface area (Å²) in [6.07, 6.45) is 6.57. The second-order valence-electron chi connectivity index (χ2n) is 17.0. The van der Waals surface area contributed by atoms with Crippen molar-refractivity contribution in [3.8, 4) is 0 Å². The summed E-state index contributed by atoms with van der Waals surface area (Å²) in [5, 5.41) is 18.3. The number of rotatable bonds is 19. The van der Waals surface area contributed by atoms with Gasteiger partial charge in [0.15, 0.2) is 0 Å². The fraction of sp³-hybridized carbons (Fsp3) is 0.558. The van der Waals surface area contributed by atoms with Gasteiger partial charge in [-0.05, 0) is 70.9 Å². The van der Waals surface area contributed by atoms with Gasteiger partial charge >= 0.3 is 6.09 Å². The largest absolute Gasteiger partial charge is 0.444 e. The summed E-state index contributed by atoms with van der Waals surface area (Å²) in [7, 11) is 0. The van der Waals surface area contributed by atoms with Crippen LogP contribution in [0.15, 0.2) is 73.2 Å². The highest BCUT2D eigenvalue weighted by Crippen LogP contribution is 2.33. The van der Waals surface area contributed by atoms with Crippen LogP contribution in [0.4, 0.5) is 4.79 Å². The third-order valence-electron chi connectivity index (χ3n) is 10.2. The third-order valence-corrected chi connectivity index (χ3v) is 10.2. The molecule has 1 heterocycles. The Morgan fingerprint density at radius 3 is 2.07 bits per heavy atom. The summed E-state index contributed by atoms with van der Waals surface area (Å²) in [5.74, 6) is -2.26. The van der Waals surface area contributed by atoms with Crippen LogP contribution in [0.5, 0.6) is 0 Å². The van der Waals surface area contributed by atoms with E-state index in [1.807, 2.05) is 74.5 Å². The average Bonchev–Trinajstić information content (AvgIpc) is 3.66. The van der Waals surface area contributed by atoms with E-state index in [0.717, 1.165) is 43.2 Å². The van der Waals surface area contributed by atoms with Crippen LogP contribution in [0.3, 0.4) is 0 Å². The molecule has 3 aromatic rings. The number of nitrogens with one attached hydrogen (secondary N) is 3. The van der Waals surface area contributed by atoms with E-state index in [1.54, 1.807) is 27.0 Å². The molecule has 0 radical (unpaired) electrons. The van der Waals surface area contributed by atoms with Crippen molar-refractivity contribution in [1.29, 1.82) is 0 Å². The number of amides is 4. The normalized spacial score (nSPS) is 16.5. The van der Waals surface area contributed by atoms with Gasteiger partial charge in [0, 0.05) is 37.0 Å². The zero-order valence-corrected chi connectivity index (χ0v) is 33.7. The van der Waals surface area contributed by atoms with Crippen LogP contribution >= 0.6 is 0 Å². The predicted molar refractivity (Wildman–Crippen MR) is 216 cm³/mol. The molecule has 1 aliphatic carbocycles. The molecule has 306 valence electrons. The lowest BCUT2D eigenvalue weighted by Crippen LogP contribution is -2.63. The molecule has 13 heteroatoms. The molecule has 1 aromatic heterocycles. The van der Waals surface area contributed by atoms with E-state index in [4.69, 9.17) is 16.2 Å². The highest BCUT2D eigenvalue weighted by molar-refractivity contribution is 5.91. The molecule has 1 saturated carbocycles. The Kier molecular flexibility index (Phi) is 16.0. The van der Waals surface area contributed by atoms with Crippen molar-refractivity contribution in [2.24, 2.45) is 23.3 Å². The summed E-state index contributed by atoms with van der Waals surface area (Å²) in [4.78, 5) is 65.0. The van der Waals surface area contributed by atoms with Crippen LogP contribution in [0.25, 0.3) is 0 Å². The summed E-state index contributed by atoms with van der Waals surface area (Å²) in [5.41, 5.74) is 13.1. The quantitative estimate of drug-likeness (QED) is 0.102. The number of nitrogens with two attached hydrogens (primary N) is 2. The number of H-pyrrole nitrogens is 1. The number of carbonyl (C=O) groups is 4. The van der Waals surface area contributed by atoms with E-state index in [0.29, 0.717) is 18.5 Å². The van der Waals surface area contributed by atoms with Gasteiger partial charge in [0.1, 0.15) is 17.7 Å². The van der Waals surface area contributed by atoms with Crippen molar-refractivity contribution in [3.05, 3.63) is 90.0 Å². The maximum Gasteiger partial charge on any atom is 0.408 e. The minimum absolute atomic E-state index is 0.0242. The molecule has 4 rings (SSSR count). The predicted octanol–water partition coefficient (Wildman–Crippen LogP) is 4.57. The number of primary amides is 1. The Labute approximate surface area is 331 Å². The Bertz CT molecular complexity index is 1670. The van der Waals surface area contributed by atoms with Gasteiger partial charge < -0.3 is 41.8 Å². The zero-order valence-electron chi connectivity index (χ0n) is 33.7. The molecule has 5 atom stereocenters. The summed E-state index contributed by atoms with van der Waals surface area (Å²) in [6, 6.07) is 15.4. The number of aromatic amines is 1. The summed E-state index contributed by atoms with van der Waals surface area (Å²) in [6.45, 7) is 9.04. The highest BCUT2D eigenvalue weighted by atomic mass is 16.6. The molecule has 8 N–H and O–H groups in total. The maximum atomic E-state index is 15.3. The van der Waals surface area contributed by atoms with Crippen molar-refractivity contribution in [3.63, 3.8) is 0 Å². The van der Waals surface area contributed by atoms with E-state index in [2.05, 4.69) is 20.6 Å². The Morgan fingerprint density at radius 2 is 1.54 bits per heavy atom. The van der Waals surface area contributed by atoms with Crippen LogP contribution in [-0.2, 0) is 38.4 Å². The van der Waals surface area contributed by atoms with E-state index < -0.39 is 59.2 Å². The van der Waals surface area contributed by atoms with Crippen LogP contribution in [-0.4, -0.2) is 85.7 Å². The zero-order chi connectivity index (χ0) is 40.9. The van der Waals surface area contributed by atoms with Crippen LogP contribution in [0.2, 0.25) is 0 Å². The molecule has 0 aliphatic heterocycles. The Balaban J connectivity index is 1.83. The van der Waals surface area contributed by atoms with E-state index in [-0.39, 0.29) is 37.6 Å². The lowest BCUT2D eigenvalue weighted by atomic mass is 9.80. The molecule has 1 aliphatic rings. The summed E-state index contributed by atoms with van der Waals surface area (Å²) >= 11 is 0. The van der Waals surface area contributed by atoms with Crippen LogP contribution < -0.4 is 22.1 Å². The minimum Gasteiger partial charge on any atom is -0.444 e. The number of hydrogen-bond acceptors (Lipinski definition) is 8. The van der Waals surface area contributed by atoms with Gasteiger partial charge in [-0.15, -0.1) is 0 Å². The van der Waals surface area contributed by atoms with Crippen molar-refractivity contribution < 1.29 is 29.0 Å². The number of alkyl carbamates (subject to hydrolysis) is 1. The number of aliphatic hydroxyl groups excluding tert-OH is 1. The van der Waals surface area contributed by atoms with Crippen molar-refractivity contribution >= 4 is 23.8 Å². The second-order valence-corrected chi connectivity index (χ2v) is 17.0. The number of carbonyl (C=O) groups excluding carboxylic acids is 4. The van der Waals surface area contributed by atoms with Gasteiger partial charge in [-0.25, -0.2) is 9.78 Å². The number of imidazole rings is 1. The first kappa shape index (κ1) is 44.0. The highest BCUT2D eigenvalue weighted by Gasteiger charge is 2.43. The van der Waals surface area contributed by atoms with E-state index >= 15 is 4.79 Å². The van der Waals surface area contributed by atoms with Gasteiger partial charge in [0.2, 0.25) is 17.7 Å². The minimum atomic E-state index is -1.27. The van der Waals surface area contributed by atoms with Crippen molar-refractivity contribution in [2.45, 2.75) is 134 Å². The summed E-state index contributed by atoms with van der Waals surface area (Å²) < 4.78 is 5.61. The first-order valence-corrected chi connectivity index (χ1v) is 19.9. The average molecular weight is 774 g/mol. The van der Waals surface area contributed by atoms with Gasteiger partial charge in [-0.1, -0.05) is 92.8 Å². The first-order valence-electron chi connectivity index (χ1n) is 19.9. The van der Waals surface area contributed by atoms with Crippen LogP contribution in [0, 0.1) is 11.8 Å². The number of ether oxygens (including phenoxy) is 1. The molecule has 0 saturated heterocycles. The number of nitrogens with zero attached hydrogens (tertiary/aromatic N) is 2. The molecular formula is C43H63N7O6. The Hall–Kier alpha value is -4.75. The smallest absolute Gasteiger partial charge is 0.408 e. The molecule has 0 unspecified atom stereocenters. The van der Waals surface area contributed by atoms with Gasteiger partial charge in [-0.2, -0.15) is 0 Å². The molecular weight excluding hydrogens is 711 g/mol. The van der Waals surface area contributed by atoms with Gasteiger partial charge in [-0.3, -0.25) is 14.4 Å². The van der Waals surface area contributed by atoms with Crippen LogP contribution in [0.1, 0.15) is 96.4 Å². The number of aliphatic hydroxyl groups is 1. The molecule has 2 aromatic carbocycles. The number of aromatic nitrogens is 2. The van der Waals surface area contributed by atoms with E-state index in [9.17, 15) is 19.5 Å². The molecule has 13 nitrogen and oxygen atoms in total. The molecule has 4 amide bonds. The SMILES string of the molecule is CC(C)(N)CNC(=O)[C@H](Cc1ccccc1)C[C@H](O)[C@H](CC1CCCCC1)N(C(=O)[C@H](Cc1ccccc1)NC(=O)OC(C)(C)C)[C@@H](Cc1c[nH]cn1)C(N)=O. The maximum absolute atomic E-state index is 15.3. The van der Waals surface area contributed by atoms with Crippen molar-refractivity contribution in [2.75, 3.05) is 6.54 Å². The molecule has 56 heavy (non-hydrogen) atoms. The fourth-order valence-electron chi connectivity index (χ4n) is 7.47. The first-order chi connectivity index (χ1) is 26.5. The molecule has 1 fully saturated rings. The lowest BCUT2D eigenvalue weighted by Gasteiger charge is -2.43. The topological polar surface area (TPSA) is 206 Å². The van der Waals surface area contributed by atoms with Gasteiger partial charge in [0.25, 0.3) is 0 Å². The monoisotopic (exact) mass is 773 g/mol. The van der Waals surface area contributed by atoms with Crippen molar-refractivity contribution in [1.82, 2.24) is 25.5 Å². The Morgan fingerprint density at radius 1 is 0.929 bits per heavy atom. The number of hydrogen-bond donors (Lipinski definition) is 6. The van der Waals surface area contributed by atoms with Gasteiger partial charge in [0.05, 0.1) is 24.2 Å². The third kappa shape index (κ3) is 14.4.